The Balaban J connectivity index is 1.33. The molecule has 1 fully saturated rings. The second-order valence-corrected chi connectivity index (χ2v) is 12.7. The molecule has 0 saturated carbocycles. The number of rotatable bonds is 15. The molecule has 8 heteroatoms. The van der Waals surface area contributed by atoms with Crippen LogP contribution in [0.5, 0.6) is 11.5 Å². The van der Waals surface area contributed by atoms with Crippen LogP contribution >= 0.6 is 11.6 Å². The number of halogens is 1. The van der Waals surface area contributed by atoms with Gasteiger partial charge in [-0.15, -0.1) is 0 Å². The van der Waals surface area contributed by atoms with Crippen molar-refractivity contribution in [2.45, 2.75) is 56.8 Å². The molecule has 1 aliphatic rings. The van der Waals surface area contributed by atoms with E-state index in [1.165, 1.54) is 0 Å². The molecule has 1 aliphatic heterocycles. The van der Waals surface area contributed by atoms with E-state index in [9.17, 15) is 5.11 Å². The third-order valence-electron chi connectivity index (χ3n) is 8.88. The summed E-state index contributed by atoms with van der Waals surface area (Å²) in [6.07, 6.45) is -3.41. The predicted molar refractivity (Wildman–Crippen MR) is 194 cm³/mol. The van der Waals surface area contributed by atoms with Crippen LogP contribution in [0, 0.1) is 0 Å². The van der Waals surface area contributed by atoms with Crippen molar-refractivity contribution in [3.8, 4) is 11.5 Å². The SMILES string of the molecule is COc1ccc(Cc2cc(C3OC(COCc4ccccc4)C(OCc4ccccc4)C(OCc4ccccc4)C3O)c(OC)cc2Cl)cc1. The van der Waals surface area contributed by atoms with Gasteiger partial charge in [-0.25, -0.2) is 0 Å². The van der Waals surface area contributed by atoms with Crippen molar-refractivity contribution in [2.75, 3.05) is 20.8 Å². The number of methoxy groups -OCH3 is 2. The van der Waals surface area contributed by atoms with E-state index >= 15 is 0 Å². The maximum atomic E-state index is 12.2. The first-order valence-electron chi connectivity index (χ1n) is 16.8. The average Bonchev–Trinajstić information content (AvgIpc) is 3.16. The maximum Gasteiger partial charge on any atom is 0.126 e. The molecule has 0 aromatic heterocycles. The van der Waals surface area contributed by atoms with Crippen LogP contribution in [0.2, 0.25) is 5.02 Å². The van der Waals surface area contributed by atoms with Crippen LogP contribution in [0.25, 0.3) is 0 Å². The number of aliphatic hydroxyl groups is 1. The molecule has 1 saturated heterocycles. The summed E-state index contributed by atoms with van der Waals surface area (Å²) < 4.78 is 37.4. The van der Waals surface area contributed by atoms with E-state index in [0.29, 0.717) is 36.0 Å². The molecule has 0 bridgehead atoms. The molecule has 50 heavy (non-hydrogen) atoms. The zero-order valence-corrected chi connectivity index (χ0v) is 29.1. The van der Waals surface area contributed by atoms with Crippen LogP contribution in [0.1, 0.15) is 39.5 Å². The van der Waals surface area contributed by atoms with Gasteiger partial charge in [-0.3, -0.25) is 0 Å². The van der Waals surface area contributed by atoms with Gasteiger partial charge < -0.3 is 33.5 Å². The van der Waals surface area contributed by atoms with Crippen molar-refractivity contribution in [3.63, 3.8) is 0 Å². The first-order valence-corrected chi connectivity index (χ1v) is 17.2. The molecule has 5 aromatic carbocycles. The minimum absolute atomic E-state index is 0.206. The van der Waals surface area contributed by atoms with Gasteiger partial charge in [0.2, 0.25) is 0 Å². The molecule has 0 amide bonds. The van der Waals surface area contributed by atoms with E-state index in [1.807, 2.05) is 121 Å². The van der Waals surface area contributed by atoms with Crippen molar-refractivity contribution in [1.82, 2.24) is 0 Å². The van der Waals surface area contributed by atoms with Gasteiger partial charge in [-0.05, 0) is 58.5 Å². The molecule has 5 unspecified atom stereocenters. The Hall–Kier alpha value is -4.21. The van der Waals surface area contributed by atoms with Crippen LogP contribution in [0.3, 0.4) is 0 Å². The fourth-order valence-corrected chi connectivity index (χ4v) is 6.45. The van der Waals surface area contributed by atoms with Crippen molar-refractivity contribution in [3.05, 3.63) is 166 Å². The van der Waals surface area contributed by atoms with Crippen LogP contribution < -0.4 is 9.47 Å². The molecule has 5 aromatic rings. The molecule has 7 nitrogen and oxygen atoms in total. The molecule has 0 radical (unpaired) electrons. The Labute approximate surface area is 299 Å². The largest absolute Gasteiger partial charge is 0.497 e. The van der Waals surface area contributed by atoms with Crippen molar-refractivity contribution in [1.29, 1.82) is 0 Å². The molecule has 5 atom stereocenters. The molecular weight excluding hydrogens is 652 g/mol. The number of benzene rings is 5. The Morgan fingerprint density at radius 1 is 0.640 bits per heavy atom. The fourth-order valence-electron chi connectivity index (χ4n) is 6.23. The predicted octanol–water partition coefficient (Wildman–Crippen LogP) is 8.14. The zero-order chi connectivity index (χ0) is 34.7. The van der Waals surface area contributed by atoms with Gasteiger partial charge in [-0.1, -0.05) is 115 Å². The lowest BCUT2D eigenvalue weighted by molar-refractivity contribution is -0.263. The number of aliphatic hydroxyl groups excluding tert-OH is 1. The van der Waals surface area contributed by atoms with Gasteiger partial charge in [0, 0.05) is 10.6 Å². The molecule has 260 valence electrons. The van der Waals surface area contributed by atoms with Crippen molar-refractivity contribution >= 4 is 11.6 Å². The summed E-state index contributed by atoms with van der Waals surface area (Å²) >= 11 is 6.82. The summed E-state index contributed by atoms with van der Waals surface area (Å²) in [5.74, 6) is 1.28. The van der Waals surface area contributed by atoms with Crippen LogP contribution in [-0.2, 0) is 45.2 Å². The second kappa shape index (κ2) is 17.6. The van der Waals surface area contributed by atoms with Crippen LogP contribution in [-0.4, -0.2) is 50.3 Å². The van der Waals surface area contributed by atoms with Gasteiger partial charge >= 0.3 is 0 Å². The Kier molecular flexibility index (Phi) is 12.6. The van der Waals surface area contributed by atoms with E-state index < -0.39 is 30.5 Å². The zero-order valence-electron chi connectivity index (χ0n) is 28.3. The van der Waals surface area contributed by atoms with Crippen molar-refractivity contribution in [2.24, 2.45) is 0 Å². The number of hydrogen-bond acceptors (Lipinski definition) is 7. The lowest BCUT2D eigenvalue weighted by atomic mass is 9.89. The number of hydrogen-bond donors (Lipinski definition) is 1. The van der Waals surface area contributed by atoms with E-state index in [-0.39, 0.29) is 13.2 Å². The molecule has 0 spiro atoms. The minimum Gasteiger partial charge on any atom is -0.497 e. The lowest BCUT2D eigenvalue weighted by Gasteiger charge is -2.45. The molecule has 6 rings (SSSR count). The monoisotopic (exact) mass is 694 g/mol. The summed E-state index contributed by atoms with van der Waals surface area (Å²) in [6, 6.07) is 41.4. The smallest absolute Gasteiger partial charge is 0.126 e. The van der Waals surface area contributed by atoms with Gasteiger partial charge in [0.15, 0.2) is 0 Å². The third-order valence-corrected chi connectivity index (χ3v) is 9.23. The van der Waals surface area contributed by atoms with Gasteiger partial charge in [-0.2, -0.15) is 0 Å². The molecule has 0 aliphatic carbocycles. The summed E-state index contributed by atoms with van der Waals surface area (Å²) in [4.78, 5) is 0. The highest BCUT2D eigenvalue weighted by Crippen LogP contribution is 2.42. The fraction of sp³-hybridized carbons (Fsp3) is 0.286. The van der Waals surface area contributed by atoms with E-state index in [4.69, 9.17) is 40.0 Å². The van der Waals surface area contributed by atoms with Crippen LogP contribution in [0.15, 0.2) is 127 Å². The average molecular weight is 695 g/mol. The van der Waals surface area contributed by atoms with Gasteiger partial charge in [0.25, 0.3) is 0 Å². The number of ether oxygens (including phenoxy) is 6. The van der Waals surface area contributed by atoms with Crippen molar-refractivity contribution < 1.29 is 33.5 Å². The molecule has 1 N–H and O–H groups in total. The normalized spacial score (nSPS) is 20.4. The summed E-state index contributed by atoms with van der Waals surface area (Å²) in [5.41, 5.74) is 5.60. The standard InChI is InChI=1S/C42H43ClO7/c1-45-34-20-18-29(19-21-34)22-33-23-35(37(46-2)24-36(33)43)40-39(44)42(49-27-32-16-10-5-11-17-32)41(48-26-31-14-8-4-9-15-31)38(50-40)28-47-25-30-12-6-3-7-13-30/h3-21,23-24,38-42,44H,22,25-28H2,1-2H3. The highest BCUT2D eigenvalue weighted by molar-refractivity contribution is 6.31. The Morgan fingerprint density at radius 3 is 1.76 bits per heavy atom. The maximum absolute atomic E-state index is 12.2. The van der Waals surface area contributed by atoms with E-state index in [2.05, 4.69) is 0 Å². The first kappa shape index (κ1) is 35.6. The summed E-state index contributed by atoms with van der Waals surface area (Å²) in [7, 11) is 3.23. The highest BCUT2D eigenvalue weighted by atomic mass is 35.5. The topological polar surface area (TPSA) is 75.6 Å². The molecular formula is C42H43ClO7. The first-order chi connectivity index (χ1) is 24.5. The third kappa shape index (κ3) is 9.11. The minimum atomic E-state index is -1.12. The van der Waals surface area contributed by atoms with Crippen LogP contribution in [0.4, 0.5) is 0 Å². The second-order valence-electron chi connectivity index (χ2n) is 12.3. The lowest BCUT2D eigenvalue weighted by Crippen LogP contribution is -2.57. The summed E-state index contributed by atoms with van der Waals surface area (Å²) in [6.45, 7) is 1.18. The Morgan fingerprint density at radius 2 is 1.20 bits per heavy atom. The van der Waals surface area contributed by atoms with Gasteiger partial charge in [0.05, 0.1) is 40.6 Å². The van der Waals surface area contributed by atoms with Gasteiger partial charge in [0.1, 0.15) is 42.0 Å². The summed E-state index contributed by atoms with van der Waals surface area (Å²) in [5, 5.41) is 12.8. The molecule has 1 heterocycles. The van der Waals surface area contributed by atoms with E-state index in [0.717, 1.165) is 33.6 Å². The Bertz CT molecular complexity index is 1750. The van der Waals surface area contributed by atoms with E-state index in [1.54, 1.807) is 20.3 Å². The quantitative estimate of drug-likeness (QED) is 0.119. The highest BCUT2D eigenvalue weighted by Gasteiger charge is 2.48.